The number of carbonyl (C=O) groups excluding carboxylic acids is 1. The Labute approximate surface area is 132 Å². The Hall–Kier alpha value is 0.0564. The Morgan fingerprint density at radius 2 is 2.07 bits per heavy atom. The monoisotopic (exact) mass is 231 g/mol. The number of nitrogen functional groups attached to an aromatic ring is 1. The fraction of sp³-hybridized carbons (Fsp3) is 0.300. The van der Waals surface area contributed by atoms with E-state index in [4.69, 9.17) is 11.5 Å². The molecule has 1 amide bonds. The standard InChI is InChI=1S/C9H11N3O.CH3.K/c10-7-6(5-1-2-5)3-4-12-8(7)9(11)13;;/h3-5H,1-2,10H2,(H2,11,13);1H3;/q;-1;+1. The van der Waals surface area contributed by atoms with E-state index in [9.17, 15) is 4.79 Å². The SMILES string of the molecule is NC(=O)c1nccc(C2CC2)c1N.[CH3-].[K+]. The second-order valence-corrected chi connectivity index (χ2v) is 3.30. The van der Waals surface area contributed by atoms with E-state index >= 15 is 0 Å². The summed E-state index contributed by atoms with van der Waals surface area (Å²) in [6, 6.07) is 1.86. The number of hydrogen-bond donors (Lipinski definition) is 2. The maximum atomic E-state index is 10.9. The van der Waals surface area contributed by atoms with Crippen LogP contribution in [0.2, 0.25) is 0 Å². The van der Waals surface area contributed by atoms with Crippen molar-refractivity contribution in [3.63, 3.8) is 0 Å². The Balaban J connectivity index is 0.000000980. The van der Waals surface area contributed by atoms with Crippen LogP contribution in [-0.4, -0.2) is 10.9 Å². The molecular formula is C10H14KN3O. The third-order valence-electron chi connectivity index (χ3n) is 2.27. The molecule has 4 N–H and O–H groups in total. The average molecular weight is 231 g/mol. The van der Waals surface area contributed by atoms with Gasteiger partial charge in [0.25, 0.3) is 5.91 Å². The molecule has 76 valence electrons. The molecule has 0 aromatic carbocycles. The van der Waals surface area contributed by atoms with Gasteiger partial charge in [0, 0.05) is 6.20 Å². The van der Waals surface area contributed by atoms with Crippen molar-refractivity contribution < 1.29 is 56.2 Å². The van der Waals surface area contributed by atoms with E-state index in [-0.39, 0.29) is 64.5 Å². The molecular weight excluding hydrogens is 217 g/mol. The molecule has 4 nitrogen and oxygen atoms in total. The number of carbonyl (C=O) groups is 1. The summed E-state index contributed by atoms with van der Waals surface area (Å²) in [6.45, 7) is 0. The molecule has 1 aliphatic carbocycles. The zero-order valence-corrected chi connectivity index (χ0v) is 12.3. The molecule has 1 aromatic heterocycles. The van der Waals surface area contributed by atoms with E-state index < -0.39 is 5.91 Å². The molecule has 1 aromatic rings. The Kier molecular flexibility index (Phi) is 5.98. The Bertz CT molecular complexity index is 364. The van der Waals surface area contributed by atoms with Gasteiger partial charge in [-0.25, -0.2) is 4.98 Å². The summed E-state index contributed by atoms with van der Waals surface area (Å²) >= 11 is 0. The van der Waals surface area contributed by atoms with Crippen molar-refractivity contribution in [3.8, 4) is 0 Å². The molecule has 2 rings (SSSR count). The van der Waals surface area contributed by atoms with Gasteiger partial charge in [0.15, 0.2) is 5.69 Å². The van der Waals surface area contributed by atoms with Crippen molar-refractivity contribution in [3.05, 3.63) is 30.9 Å². The van der Waals surface area contributed by atoms with Gasteiger partial charge in [-0.15, -0.1) is 0 Å². The molecule has 0 atom stereocenters. The summed E-state index contributed by atoms with van der Waals surface area (Å²) in [5, 5.41) is 0. The van der Waals surface area contributed by atoms with Crippen LogP contribution in [0.4, 0.5) is 5.69 Å². The van der Waals surface area contributed by atoms with Gasteiger partial charge in [-0.2, -0.15) is 0 Å². The van der Waals surface area contributed by atoms with Crippen LogP contribution < -0.4 is 62.9 Å². The minimum Gasteiger partial charge on any atom is -0.397 e. The zero-order valence-electron chi connectivity index (χ0n) is 9.16. The zero-order chi connectivity index (χ0) is 9.42. The minimum atomic E-state index is -0.556. The van der Waals surface area contributed by atoms with Crippen LogP contribution in [0.1, 0.15) is 34.8 Å². The predicted molar refractivity (Wildman–Crippen MR) is 55.6 cm³/mol. The van der Waals surface area contributed by atoms with Gasteiger partial charge >= 0.3 is 51.4 Å². The maximum absolute atomic E-state index is 10.9. The van der Waals surface area contributed by atoms with Gasteiger partial charge in [0.05, 0.1) is 5.69 Å². The van der Waals surface area contributed by atoms with E-state index in [0.29, 0.717) is 11.6 Å². The number of amides is 1. The first-order chi connectivity index (χ1) is 6.20. The third-order valence-corrected chi connectivity index (χ3v) is 2.27. The van der Waals surface area contributed by atoms with Crippen LogP contribution in [0.15, 0.2) is 12.3 Å². The van der Waals surface area contributed by atoms with Crippen LogP contribution in [0, 0.1) is 7.43 Å². The number of rotatable bonds is 2. The number of nitrogens with two attached hydrogens (primary N) is 2. The maximum Gasteiger partial charge on any atom is 1.00 e. The first kappa shape index (κ1) is 15.1. The van der Waals surface area contributed by atoms with Crippen molar-refractivity contribution in [1.29, 1.82) is 0 Å². The molecule has 0 saturated heterocycles. The molecule has 0 bridgehead atoms. The van der Waals surface area contributed by atoms with Gasteiger partial charge < -0.3 is 18.9 Å². The number of nitrogens with zero attached hydrogens (tertiary/aromatic N) is 1. The molecule has 1 fully saturated rings. The quantitative estimate of drug-likeness (QED) is 0.460. The molecule has 1 saturated carbocycles. The number of anilines is 1. The van der Waals surface area contributed by atoms with E-state index in [2.05, 4.69) is 4.98 Å². The van der Waals surface area contributed by atoms with Crippen LogP contribution in [0.5, 0.6) is 0 Å². The predicted octanol–water partition coefficient (Wildman–Crippen LogP) is -1.91. The number of primary amides is 1. The summed E-state index contributed by atoms with van der Waals surface area (Å²) < 4.78 is 0. The normalized spacial score (nSPS) is 13.6. The minimum absolute atomic E-state index is 0. The van der Waals surface area contributed by atoms with Crippen LogP contribution in [0.3, 0.4) is 0 Å². The van der Waals surface area contributed by atoms with E-state index in [1.165, 1.54) is 0 Å². The fourth-order valence-electron chi connectivity index (χ4n) is 1.43. The molecule has 1 aliphatic rings. The van der Waals surface area contributed by atoms with Crippen molar-refractivity contribution in [1.82, 2.24) is 4.98 Å². The van der Waals surface area contributed by atoms with Crippen molar-refractivity contribution in [2.24, 2.45) is 5.73 Å². The Morgan fingerprint density at radius 1 is 1.47 bits per heavy atom. The van der Waals surface area contributed by atoms with E-state index in [1.807, 2.05) is 6.07 Å². The second kappa shape index (κ2) is 5.96. The van der Waals surface area contributed by atoms with Crippen LogP contribution in [0.25, 0.3) is 0 Å². The Morgan fingerprint density at radius 3 is 2.53 bits per heavy atom. The van der Waals surface area contributed by atoms with E-state index in [0.717, 1.165) is 18.4 Å². The van der Waals surface area contributed by atoms with Gasteiger partial charge in [-0.1, -0.05) is 0 Å². The molecule has 1 heterocycles. The van der Waals surface area contributed by atoms with Gasteiger partial charge in [-0.3, -0.25) is 4.79 Å². The molecule has 0 unspecified atom stereocenters. The number of pyridine rings is 1. The fourth-order valence-corrected chi connectivity index (χ4v) is 1.43. The molecule has 0 spiro atoms. The first-order valence-electron chi connectivity index (χ1n) is 4.24. The largest absolute Gasteiger partial charge is 1.00 e. The van der Waals surface area contributed by atoms with Gasteiger partial charge in [0.2, 0.25) is 0 Å². The number of hydrogen-bond acceptors (Lipinski definition) is 3. The summed E-state index contributed by atoms with van der Waals surface area (Å²) in [4.78, 5) is 14.7. The van der Waals surface area contributed by atoms with E-state index in [1.54, 1.807) is 6.20 Å². The average Bonchev–Trinajstić information content (AvgIpc) is 2.87. The van der Waals surface area contributed by atoms with Gasteiger partial charge in [-0.05, 0) is 30.4 Å². The summed E-state index contributed by atoms with van der Waals surface area (Å²) in [5.74, 6) is -0.0406. The molecule has 0 radical (unpaired) electrons. The third kappa shape index (κ3) is 3.25. The van der Waals surface area contributed by atoms with Gasteiger partial charge in [0.1, 0.15) is 0 Å². The van der Waals surface area contributed by atoms with Crippen molar-refractivity contribution in [2.45, 2.75) is 18.8 Å². The molecule has 15 heavy (non-hydrogen) atoms. The molecule has 0 aliphatic heterocycles. The summed E-state index contributed by atoms with van der Waals surface area (Å²) in [5.41, 5.74) is 12.6. The molecule has 5 heteroatoms. The van der Waals surface area contributed by atoms with Crippen LogP contribution >= 0.6 is 0 Å². The van der Waals surface area contributed by atoms with Crippen molar-refractivity contribution in [2.75, 3.05) is 5.73 Å². The summed E-state index contributed by atoms with van der Waals surface area (Å²) in [7, 11) is 0. The number of aromatic nitrogens is 1. The second-order valence-electron chi connectivity index (χ2n) is 3.30. The summed E-state index contributed by atoms with van der Waals surface area (Å²) in [6.07, 6.45) is 3.88. The van der Waals surface area contributed by atoms with Crippen LogP contribution in [-0.2, 0) is 0 Å². The smallest absolute Gasteiger partial charge is 0.397 e. The van der Waals surface area contributed by atoms with Crippen molar-refractivity contribution >= 4 is 11.6 Å². The first-order valence-corrected chi connectivity index (χ1v) is 4.24. The topological polar surface area (TPSA) is 82.0 Å².